The molecule has 1 aliphatic rings. The normalized spacial score (nSPS) is 15.2. The molecule has 0 saturated carbocycles. The highest BCUT2D eigenvalue weighted by Crippen LogP contribution is 2.34. The summed E-state index contributed by atoms with van der Waals surface area (Å²) in [5.74, 6) is 1.69. The summed E-state index contributed by atoms with van der Waals surface area (Å²) in [6.07, 6.45) is 4.79. The van der Waals surface area contributed by atoms with Crippen molar-refractivity contribution in [3.8, 4) is 11.3 Å². The van der Waals surface area contributed by atoms with Gasteiger partial charge in [0.05, 0.1) is 5.69 Å². The molecular formula is C20H28N2. The predicted molar refractivity (Wildman–Crippen MR) is 93.5 cm³/mol. The Morgan fingerprint density at radius 1 is 1.09 bits per heavy atom. The molecule has 0 radical (unpaired) electrons. The third-order valence-corrected chi connectivity index (χ3v) is 4.66. The highest BCUT2D eigenvalue weighted by molar-refractivity contribution is 5.67. The van der Waals surface area contributed by atoms with E-state index in [4.69, 9.17) is 4.98 Å². The van der Waals surface area contributed by atoms with Crippen LogP contribution in [-0.4, -0.2) is 9.97 Å². The Bertz CT molecular complexity index is 672. The van der Waals surface area contributed by atoms with Crippen molar-refractivity contribution < 1.29 is 0 Å². The SMILES string of the molecule is CC(C)c1ccc2c(c1)CCCCc1[nH]c(C(C)(C)C)nc1-2. The van der Waals surface area contributed by atoms with Crippen molar-refractivity contribution in [1.82, 2.24) is 9.97 Å². The molecule has 2 heteroatoms. The van der Waals surface area contributed by atoms with Gasteiger partial charge < -0.3 is 4.98 Å². The molecular weight excluding hydrogens is 268 g/mol. The second kappa shape index (κ2) is 5.57. The van der Waals surface area contributed by atoms with Gasteiger partial charge in [0.25, 0.3) is 0 Å². The molecule has 3 rings (SSSR count). The van der Waals surface area contributed by atoms with Crippen molar-refractivity contribution in [3.63, 3.8) is 0 Å². The van der Waals surface area contributed by atoms with E-state index >= 15 is 0 Å². The quantitative estimate of drug-likeness (QED) is 0.752. The third-order valence-electron chi connectivity index (χ3n) is 4.66. The lowest BCUT2D eigenvalue weighted by Gasteiger charge is -2.16. The number of aromatic nitrogens is 2. The molecule has 0 spiro atoms. The van der Waals surface area contributed by atoms with Crippen LogP contribution in [0.25, 0.3) is 11.3 Å². The van der Waals surface area contributed by atoms with E-state index < -0.39 is 0 Å². The molecule has 118 valence electrons. The topological polar surface area (TPSA) is 28.7 Å². The number of imidazole rings is 1. The molecule has 1 aromatic heterocycles. The van der Waals surface area contributed by atoms with Gasteiger partial charge in [-0.15, -0.1) is 0 Å². The average Bonchev–Trinajstić information content (AvgIpc) is 2.84. The summed E-state index contributed by atoms with van der Waals surface area (Å²) >= 11 is 0. The Labute approximate surface area is 134 Å². The van der Waals surface area contributed by atoms with Crippen molar-refractivity contribution in [2.24, 2.45) is 0 Å². The number of hydrogen-bond acceptors (Lipinski definition) is 1. The van der Waals surface area contributed by atoms with E-state index in [9.17, 15) is 0 Å². The predicted octanol–water partition coefficient (Wildman–Crippen LogP) is 5.38. The number of aryl methyl sites for hydroxylation is 2. The van der Waals surface area contributed by atoms with Crippen LogP contribution >= 0.6 is 0 Å². The van der Waals surface area contributed by atoms with Crippen LogP contribution in [0.4, 0.5) is 0 Å². The maximum absolute atomic E-state index is 4.98. The van der Waals surface area contributed by atoms with E-state index in [0.29, 0.717) is 5.92 Å². The molecule has 0 atom stereocenters. The second-order valence-electron chi connectivity index (χ2n) is 7.94. The number of benzene rings is 1. The van der Waals surface area contributed by atoms with Crippen molar-refractivity contribution in [2.75, 3.05) is 0 Å². The number of nitrogens with one attached hydrogen (secondary N) is 1. The van der Waals surface area contributed by atoms with E-state index in [-0.39, 0.29) is 5.41 Å². The van der Waals surface area contributed by atoms with Gasteiger partial charge in [0, 0.05) is 16.7 Å². The van der Waals surface area contributed by atoms with Crippen LogP contribution in [0.1, 0.15) is 76.0 Å². The Kier molecular flexibility index (Phi) is 3.88. The summed E-state index contributed by atoms with van der Waals surface area (Å²) in [7, 11) is 0. The van der Waals surface area contributed by atoms with Crippen molar-refractivity contribution in [3.05, 3.63) is 40.8 Å². The molecule has 2 nitrogen and oxygen atoms in total. The smallest absolute Gasteiger partial charge is 0.112 e. The van der Waals surface area contributed by atoms with Gasteiger partial charge in [-0.25, -0.2) is 4.98 Å². The van der Waals surface area contributed by atoms with E-state index in [2.05, 4.69) is 57.8 Å². The molecule has 1 N–H and O–H groups in total. The summed E-state index contributed by atoms with van der Waals surface area (Å²) in [6.45, 7) is 11.2. The summed E-state index contributed by atoms with van der Waals surface area (Å²) in [6, 6.07) is 6.98. The molecule has 0 unspecified atom stereocenters. The Balaban J connectivity index is 2.14. The summed E-state index contributed by atoms with van der Waals surface area (Å²) < 4.78 is 0. The Morgan fingerprint density at radius 2 is 1.82 bits per heavy atom. The number of hydrogen-bond donors (Lipinski definition) is 1. The van der Waals surface area contributed by atoms with Crippen LogP contribution in [0.3, 0.4) is 0 Å². The molecule has 22 heavy (non-hydrogen) atoms. The average molecular weight is 296 g/mol. The lowest BCUT2D eigenvalue weighted by Crippen LogP contribution is -2.13. The van der Waals surface area contributed by atoms with Crippen molar-refractivity contribution in [2.45, 2.75) is 71.6 Å². The fourth-order valence-electron chi connectivity index (χ4n) is 3.20. The van der Waals surface area contributed by atoms with Crippen molar-refractivity contribution >= 4 is 0 Å². The molecule has 0 fully saturated rings. The highest BCUT2D eigenvalue weighted by Gasteiger charge is 2.23. The maximum atomic E-state index is 4.98. The minimum atomic E-state index is 0.0685. The molecule has 0 saturated heterocycles. The Hall–Kier alpha value is -1.57. The van der Waals surface area contributed by atoms with Gasteiger partial charge in [0.2, 0.25) is 0 Å². The first-order chi connectivity index (χ1) is 10.4. The monoisotopic (exact) mass is 296 g/mol. The van der Waals surface area contributed by atoms with E-state index in [0.717, 1.165) is 12.2 Å². The molecule has 1 aliphatic carbocycles. The van der Waals surface area contributed by atoms with Gasteiger partial charge >= 0.3 is 0 Å². The zero-order valence-corrected chi connectivity index (χ0v) is 14.6. The zero-order chi connectivity index (χ0) is 15.9. The van der Waals surface area contributed by atoms with Crippen LogP contribution in [0, 0.1) is 0 Å². The van der Waals surface area contributed by atoms with E-state index in [1.54, 1.807) is 0 Å². The maximum Gasteiger partial charge on any atom is 0.112 e. The standard InChI is InChI=1S/C20H28N2/c1-13(2)14-10-11-16-15(12-14)8-6-7-9-17-18(16)22-19(21-17)20(3,4)5/h10-13H,6-9H2,1-5H3,(H,21,22). The number of aromatic amines is 1. The van der Waals surface area contributed by atoms with Gasteiger partial charge in [-0.1, -0.05) is 52.8 Å². The Morgan fingerprint density at radius 3 is 2.50 bits per heavy atom. The third kappa shape index (κ3) is 2.84. The minimum absolute atomic E-state index is 0.0685. The number of nitrogens with zero attached hydrogens (tertiary/aromatic N) is 1. The van der Waals surface area contributed by atoms with Crippen LogP contribution in [0.2, 0.25) is 0 Å². The second-order valence-corrected chi connectivity index (χ2v) is 7.94. The van der Waals surface area contributed by atoms with E-state index in [1.807, 2.05) is 0 Å². The lowest BCUT2D eigenvalue weighted by atomic mass is 9.90. The summed E-state index contributed by atoms with van der Waals surface area (Å²) in [4.78, 5) is 8.59. The first kappa shape index (κ1) is 15.3. The summed E-state index contributed by atoms with van der Waals surface area (Å²) in [5, 5.41) is 0. The number of rotatable bonds is 1. The summed E-state index contributed by atoms with van der Waals surface area (Å²) in [5.41, 5.74) is 6.83. The largest absolute Gasteiger partial charge is 0.345 e. The van der Waals surface area contributed by atoms with Crippen molar-refractivity contribution in [1.29, 1.82) is 0 Å². The lowest BCUT2D eigenvalue weighted by molar-refractivity contribution is 0.551. The molecule has 1 aromatic carbocycles. The van der Waals surface area contributed by atoms with Gasteiger partial charge in [-0.3, -0.25) is 0 Å². The van der Waals surface area contributed by atoms with E-state index in [1.165, 1.54) is 47.3 Å². The van der Waals surface area contributed by atoms with Crippen LogP contribution < -0.4 is 0 Å². The minimum Gasteiger partial charge on any atom is -0.345 e. The zero-order valence-electron chi connectivity index (χ0n) is 14.6. The van der Waals surface area contributed by atoms with Crippen LogP contribution in [0.5, 0.6) is 0 Å². The molecule has 0 amide bonds. The molecule has 2 aromatic rings. The van der Waals surface area contributed by atoms with Crippen LogP contribution in [0.15, 0.2) is 18.2 Å². The number of fused-ring (bicyclic) bond motifs is 3. The van der Waals surface area contributed by atoms with Gasteiger partial charge in [-0.05, 0) is 42.7 Å². The van der Waals surface area contributed by atoms with Gasteiger partial charge in [0.1, 0.15) is 5.82 Å². The van der Waals surface area contributed by atoms with Gasteiger partial charge in [-0.2, -0.15) is 0 Å². The first-order valence-corrected chi connectivity index (χ1v) is 8.59. The first-order valence-electron chi connectivity index (χ1n) is 8.59. The molecule has 0 bridgehead atoms. The van der Waals surface area contributed by atoms with Crippen LogP contribution in [-0.2, 0) is 18.3 Å². The van der Waals surface area contributed by atoms with Gasteiger partial charge in [0.15, 0.2) is 0 Å². The number of H-pyrrole nitrogens is 1. The molecule has 0 aliphatic heterocycles. The fourth-order valence-corrected chi connectivity index (χ4v) is 3.20. The molecule has 1 heterocycles. The highest BCUT2D eigenvalue weighted by atomic mass is 15.0. The fraction of sp³-hybridized carbons (Fsp3) is 0.550.